The van der Waals surface area contributed by atoms with Crippen LogP contribution in [-0.4, -0.2) is 75.1 Å². The number of aryl methyl sites for hydroxylation is 1. The predicted octanol–water partition coefficient (Wildman–Crippen LogP) is 7.23. The van der Waals surface area contributed by atoms with E-state index in [0.717, 1.165) is 57.3 Å². The van der Waals surface area contributed by atoms with Gasteiger partial charge < -0.3 is 34.3 Å². The van der Waals surface area contributed by atoms with Gasteiger partial charge in [-0.1, -0.05) is 65.7 Å². The fourth-order valence-corrected chi connectivity index (χ4v) is 7.35. The molecule has 0 saturated heterocycles. The highest BCUT2D eigenvalue weighted by Gasteiger charge is 2.37. The van der Waals surface area contributed by atoms with Crippen LogP contribution in [0.1, 0.15) is 55.8 Å². The Hall–Kier alpha value is -6.28. The molecule has 15 heteroatoms. The third kappa shape index (κ3) is 9.94. The number of benzene rings is 4. The number of carbonyl (C=O) groups is 3. The molecule has 0 aliphatic carbocycles. The first-order valence-corrected chi connectivity index (χ1v) is 19.8. The quantitative estimate of drug-likeness (QED) is 0.128. The van der Waals surface area contributed by atoms with E-state index in [1.165, 1.54) is 11.2 Å². The molecule has 3 N–H and O–H groups in total. The summed E-state index contributed by atoms with van der Waals surface area (Å²) >= 11 is 12.2. The molecule has 4 heterocycles. The molecule has 60 heavy (non-hydrogen) atoms. The molecule has 0 saturated carbocycles. The molecule has 8 rings (SSSR count). The average Bonchev–Trinajstić information content (AvgIpc) is 3.83. The third-order valence-electron chi connectivity index (χ3n) is 10.3. The zero-order valence-corrected chi connectivity index (χ0v) is 34.8. The first kappa shape index (κ1) is 43.3. The van der Waals surface area contributed by atoms with E-state index in [1.807, 2.05) is 68.4 Å². The Morgan fingerprint density at radius 2 is 1.65 bits per heavy atom. The van der Waals surface area contributed by atoms with Gasteiger partial charge in [0, 0.05) is 38.5 Å². The number of amides is 2. The number of aliphatic hydroxyl groups is 1. The molecular weight excluding hydrogens is 807 g/mol. The van der Waals surface area contributed by atoms with Crippen molar-refractivity contribution in [2.75, 3.05) is 20.3 Å². The van der Waals surface area contributed by atoms with Gasteiger partial charge in [-0.3, -0.25) is 19.7 Å². The monoisotopic (exact) mass is 850 g/mol. The van der Waals surface area contributed by atoms with Crippen LogP contribution in [0.5, 0.6) is 17.2 Å². The van der Waals surface area contributed by atoms with Crippen LogP contribution >= 0.6 is 23.2 Å². The van der Waals surface area contributed by atoms with Gasteiger partial charge in [-0.2, -0.15) is 5.10 Å². The maximum Gasteiger partial charge on any atom is 0.292 e. The van der Waals surface area contributed by atoms with E-state index < -0.39 is 11.9 Å². The molecule has 2 amide bonds. The van der Waals surface area contributed by atoms with Crippen LogP contribution in [0.2, 0.25) is 10.0 Å². The summed E-state index contributed by atoms with van der Waals surface area (Å²) in [6.45, 7) is 7.32. The lowest BCUT2D eigenvalue weighted by Gasteiger charge is -2.36. The SMILES string of the molecule is C=O.CO.Cc1nccc(-c2ccc(CCNC(=O)C3Cc4cc5c(cc4CN3C(=O)c3ncn[nH]3)OC(c3ccc(OCc4ccc(Cl)c(Cl)c4)cc3)CO5)cc2)c1C. The second-order valence-electron chi connectivity index (χ2n) is 13.9. The number of fused-ring (bicyclic) bond motifs is 2. The van der Waals surface area contributed by atoms with Crippen LogP contribution in [-0.2, 0) is 35.6 Å². The number of nitrogens with zero attached hydrogens (tertiary/aromatic N) is 4. The summed E-state index contributed by atoms with van der Waals surface area (Å²) in [6.07, 6.45) is 3.67. The highest BCUT2D eigenvalue weighted by molar-refractivity contribution is 6.42. The Bertz CT molecular complexity index is 2410. The molecule has 4 aromatic carbocycles. The number of carbonyl (C=O) groups excluding carboxylic acids is 3. The number of hydrogen-bond donors (Lipinski definition) is 3. The number of pyridine rings is 1. The molecule has 2 aromatic heterocycles. The maximum absolute atomic E-state index is 13.8. The van der Waals surface area contributed by atoms with Gasteiger partial charge in [-0.05, 0) is 107 Å². The minimum atomic E-state index is -0.770. The third-order valence-corrected chi connectivity index (χ3v) is 11.1. The molecule has 2 aliphatic heterocycles. The highest BCUT2D eigenvalue weighted by Crippen LogP contribution is 2.41. The maximum atomic E-state index is 13.8. The lowest BCUT2D eigenvalue weighted by Crippen LogP contribution is -2.53. The Balaban J connectivity index is 0.00000147. The summed E-state index contributed by atoms with van der Waals surface area (Å²) < 4.78 is 18.6. The van der Waals surface area contributed by atoms with Crippen LogP contribution in [0.4, 0.5) is 0 Å². The smallest absolute Gasteiger partial charge is 0.292 e. The Morgan fingerprint density at radius 3 is 2.37 bits per heavy atom. The van der Waals surface area contributed by atoms with Crippen LogP contribution in [0.25, 0.3) is 11.1 Å². The minimum Gasteiger partial charge on any atom is -0.489 e. The van der Waals surface area contributed by atoms with Crippen LogP contribution in [0.15, 0.2) is 97.5 Å². The molecule has 0 spiro atoms. The fourth-order valence-electron chi connectivity index (χ4n) is 7.03. The van der Waals surface area contributed by atoms with Gasteiger partial charge in [0.25, 0.3) is 5.91 Å². The Labute approximate surface area is 357 Å². The zero-order chi connectivity index (χ0) is 42.8. The number of halogens is 2. The van der Waals surface area contributed by atoms with Gasteiger partial charge in [0.05, 0.1) is 10.0 Å². The summed E-state index contributed by atoms with van der Waals surface area (Å²) in [5.41, 5.74) is 9.12. The average molecular weight is 852 g/mol. The van der Waals surface area contributed by atoms with E-state index in [-0.39, 0.29) is 24.4 Å². The fraction of sp³-hybridized carbons (Fsp3) is 0.244. The van der Waals surface area contributed by atoms with Crippen molar-refractivity contribution in [1.82, 2.24) is 30.4 Å². The Kier molecular flexibility index (Phi) is 14.5. The van der Waals surface area contributed by atoms with Crippen molar-refractivity contribution in [3.05, 3.63) is 152 Å². The molecule has 2 unspecified atom stereocenters. The van der Waals surface area contributed by atoms with Gasteiger partial charge in [-0.25, -0.2) is 4.98 Å². The second-order valence-corrected chi connectivity index (χ2v) is 14.7. The highest BCUT2D eigenvalue weighted by atomic mass is 35.5. The Morgan fingerprint density at radius 1 is 0.917 bits per heavy atom. The molecule has 13 nitrogen and oxygen atoms in total. The van der Waals surface area contributed by atoms with Gasteiger partial charge in [-0.15, -0.1) is 0 Å². The van der Waals surface area contributed by atoms with E-state index in [1.54, 1.807) is 12.1 Å². The topological polar surface area (TPSA) is 169 Å². The number of aromatic nitrogens is 4. The van der Waals surface area contributed by atoms with E-state index >= 15 is 0 Å². The van der Waals surface area contributed by atoms with Crippen molar-refractivity contribution in [2.24, 2.45) is 0 Å². The van der Waals surface area contributed by atoms with Crippen molar-refractivity contribution in [3.63, 3.8) is 0 Å². The van der Waals surface area contributed by atoms with Gasteiger partial charge in [0.1, 0.15) is 38.1 Å². The van der Waals surface area contributed by atoms with Gasteiger partial charge in [0.15, 0.2) is 17.6 Å². The first-order valence-electron chi connectivity index (χ1n) is 19.0. The van der Waals surface area contributed by atoms with Gasteiger partial charge >= 0.3 is 0 Å². The van der Waals surface area contributed by atoms with Crippen LogP contribution in [0, 0.1) is 13.8 Å². The standard InChI is InChI=1S/C43H38Cl2N6O5.CH4O.CH2O/c1-25-26(2)46-16-14-34(25)29-6-3-27(4-7-29)13-15-47-42(52)37-18-31-19-38-39(20-32(31)21-51(37)43(53)41-48-24-49-50-41)56-40(23-55-38)30-8-10-33(11-9-30)54-22-28-5-12-35(44)36(45)17-28;2*1-2/h3-12,14,16-17,19-20,24,37,40H,13,15,18,21-23H2,1-2H3,(H,47,52)(H,48,49,50);2H,1H3;1H2. The summed E-state index contributed by atoms with van der Waals surface area (Å²) in [6, 6.07) is 26.5. The normalized spacial score (nSPS) is 15.0. The molecule has 0 fully saturated rings. The first-order chi connectivity index (χ1) is 29.2. The van der Waals surface area contributed by atoms with Crippen LogP contribution < -0.4 is 19.5 Å². The summed E-state index contributed by atoms with van der Waals surface area (Å²) in [7, 11) is 1.00. The summed E-state index contributed by atoms with van der Waals surface area (Å²) in [5.74, 6) is 1.25. The summed E-state index contributed by atoms with van der Waals surface area (Å²) in [5, 5.41) is 17.6. The van der Waals surface area contributed by atoms with E-state index in [9.17, 15) is 9.59 Å². The van der Waals surface area contributed by atoms with Crippen LogP contribution in [0.3, 0.4) is 0 Å². The number of aliphatic hydroxyl groups excluding tert-OH is 1. The molecular formula is C45H44Cl2N6O7. The number of aromatic amines is 1. The predicted molar refractivity (Wildman–Crippen MR) is 227 cm³/mol. The number of nitrogens with one attached hydrogen (secondary N) is 2. The minimum absolute atomic E-state index is 0.0629. The molecule has 2 aliphatic rings. The number of H-pyrrole nitrogens is 1. The molecule has 0 bridgehead atoms. The molecule has 6 aromatic rings. The van der Waals surface area contributed by atoms with Gasteiger partial charge in [0.2, 0.25) is 11.7 Å². The number of hydrogen-bond acceptors (Lipinski definition) is 10. The second kappa shape index (κ2) is 20.1. The van der Waals surface area contributed by atoms with E-state index in [0.29, 0.717) is 59.9 Å². The number of ether oxygens (including phenoxy) is 3. The molecule has 310 valence electrons. The lowest BCUT2D eigenvalue weighted by molar-refractivity contribution is -0.126. The van der Waals surface area contributed by atoms with Crippen molar-refractivity contribution in [1.29, 1.82) is 0 Å². The van der Waals surface area contributed by atoms with Crippen molar-refractivity contribution < 1.29 is 33.7 Å². The van der Waals surface area contributed by atoms with E-state index in [2.05, 4.69) is 56.7 Å². The summed E-state index contributed by atoms with van der Waals surface area (Å²) in [4.78, 5) is 45.5. The van der Waals surface area contributed by atoms with Crippen molar-refractivity contribution >= 4 is 41.8 Å². The lowest BCUT2D eigenvalue weighted by atomic mass is 9.92. The van der Waals surface area contributed by atoms with Crippen molar-refractivity contribution in [3.8, 4) is 28.4 Å². The molecule has 2 atom stereocenters. The van der Waals surface area contributed by atoms with Crippen molar-refractivity contribution in [2.45, 2.75) is 52.0 Å². The number of rotatable bonds is 10. The zero-order valence-electron chi connectivity index (χ0n) is 33.3. The van der Waals surface area contributed by atoms with E-state index in [4.69, 9.17) is 47.3 Å². The largest absolute Gasteiger partial charge is 0.489 e. The molecule has 0 radical (unpaired) electrons.